The van der Waals surface area contributed by atoms with Crippen LogP contribution in [0.25, 0.3) is 0 Å². The highest BCUT2D eigenvalue weighted by Gasteiger charge is 2.03. The molecule has 13 heavy (non-hydrogen) atoms. The second-order valence-electron chi connectivity index (χ2n) is 2.88. The third kappa shape index (κ3) is 3.08. The molecule has 0 saturated heterocycles. The molecule has 1 atom stereocenters. The number of pyridine rings is 1. The first-order valence-electron chi connectivity index (χ1n) is 4.29. The van der Waals surface area contributed by atoms with Crippen molar-refractivity contribution in [1.29, 1.82) is 0 Å². The van der Waals surface area contributed by atoms with Crippen LogP contribution in [-0.4, -0.2) is 18.1 Å². The lowest BCUT2D eigenvalue weighted by Gasteiger charge is -2.12. The average molecular weight is 183 g/mol. The average Bonchev–Trinajstić information content (AvgIpc) is 2.15. The summed E-state index contributed by atoms with van der Waals surface area (Å²) in [6, 6.07) is 3.24. The van der Waals surface area contributed by atoms with Crippen LogP contribution in [0.2, 0.25) is 0 Å². The smallest absolute Gasteiger partial charge is 0.212 e. The minimum Gasteiger partial charge on any atom is -0.329 e. The Morgan fingerprint density at radius 2 is 2.38 bits per heavy atom. The second-order valence-corrected chi connectivity index (χ2v) is 2.88. The van der Waals surface area contributed by atoms with Crippen LogP contribution in [-0.2, 0) is 0 Å². The van der Waals surface area contributed by atoms with E-state index in [-0.39, 0.29) is 6.04 Å². The molecule has 1 aromatic heterocycles. The van der Waals surface area contributed by atoms with Crippen LogP contribution in [0, 0.1) is 5.95 Å². The van der Waals surface area contributed by atoms with Crippen molar-refractivity contribution in [2.45, 2.75) is 13.0 Å². The molecule has 0 aliphatic rings. The van der Waals surface area contributed by atoms with E-state index >= 15 is 0 Å². The van der Waals surface area contributed by atoms with Gasteiger partial charge in [-0.15, -0.1) is 0 Å². The first kappa shape index (κ1) is 10.1. The minimum absolute atomic E-state index is 0.164. The fourth-order valence-electron chi connectivity index (χ4n) is 1.06. The molecule has 72 valence electrons. The van der Waals surface area contributed by atoms with Crippen molar-refractivity contribution < 1.29 is 4.39 Å². The molecule has 0 aliphatic heterocycles. The summed E-state index contributed by atoms with van der Waals surface area (Å²) < 4.78 is 12.5. The van der Waals surface area contributed by atoms with Gasteiger partial charge in [-0.1, -0.05) is 6.07 Å². The lowest BCUT2D eigenvalue weighted by atomic mass is 10.1. The minimum atomic E-state index is -0.449. The summed E-state index contributed by atoms with van der Waals surface area (Å²) >= 11 is 0. The summed E-state index contributed by atoms with van der Waals surface area (Å²) in [5, 5.41) is 3.18. The Hall–Kier alpha value is -1.00. The fraction of sp³-hybridized carbons (Fsp3) is 0.444. The van der Waals surface area contributed by atoms with Gasteiger partial charge in [0.2, 0.25) is 5.95 Å². The maximum Gasteiger partial charge on any atom is 0.212 e. The van der Waals surface area contributed by atoms with Crippen LogP contribution < -0.4 is 11.1 Å². The molecule has 0 bridgehead atoms. The molecule has 1 heterocycles. The largest absolute Gasteiger partial charge is 0.329 e. The highest BCUT2D eigenvalue weighted by Crippen LogP contribution is 2.09. The first-order valence-corrected chi connectivity index (χ1v) is 4.29. The Morgan fingerprint density at radius 3 is 2.92 bits per heavy atom. The molecule has 1 aromatic rings. The Morgan fingerprint density at radius 1 is 1.62 bits per heavy atom. The van der Waals surface area contributed by atoms with Gasteiger partial charge in [0.05, 0.1) is 0 Å². The third-order valence-corrected chi connectivity index (χ3v) is 1.85. The number of hydrogen-bond donors (Lipinski definition) is 2. The summed E-state index contributed by atoms with van der Waals surface area (Å²) in [4.78, 5) is 3.57. The van der Waals surface area contributed by atoms with E-state index in [1.54, 1.807) is 6.07 Å². The summed E-state index contributed by atoms with van der Waals surface area (Å²) in [7, 11) is 0. The van der Waals surface area contributed by atoms with Gasteiger partial charge in [0, 0.05) is 25.3 Å². The predicted molar refractivity (Wildman–Crippen MR) is 49.7 cm³/mol. The van der Waals surface area contributed by atoms with Crippen molar-refractivity contribution in [3.8, 4) is 0 Å². The maximum absolute atomic E-state index is 12.5. The molecule has 0 saturated carbocycles. The van der Waals surface area contributed by atoms with Crippen LogP contribution in [0.3, 0.4) is 0 Å². The van der Waals surface area contributed by atoms with Crippen molar-refractivity contribution in [3.63, 3.8) is 0 Å². The molecule has 3 nitrogen and oxygen atoms in total. The van der Waals surface area contributed by atoms with Gasteiger partial charge in [-0.05, 0) is 18.6 Å². The van der Waals surface area contributed by atoms with Crippen LogP contribution >= 0.6 is 0 Å². The van der Waals surface area contributed by atoms with E-state index in [9.17, 15) is 4.39 Å². The molecule has 0 aromatic carbocycles. The number of nitrogens with one attached hydrogen (secondary N) is 1. The van der Waals surface area contributed by atoms with Crippen molar-refractivity contribution in [1.82, 2.24) is 10.3 Å². The summed E-state index contributed by atoms with van der Waals surface area (Å²) in [5.41, 5.74) is 6.31. The number of halogens is 1. The van der Waals surface area contributed by atoms with E-state index in [1.807, 2.05) is 6.92 Å². The molecule has 0 spiro atoms. The van der Waals surface area contributed by atoms with Crippen molar-refractivity contribution in [3.05, 3.63) is 29.8 Å². The number of nitrogens with zero attached hydrogens (tertiary/aromatic N) is 1. The second kappa shape index (κ2) is 4.89. The zero-order valence-electron chi connectivity index (χ0n) is 7.63. The normalized spacial score (nSPS) is 12.8. The standard InChI is InChI=1S/C9H14FN3/c1-7(12-5-4-11)8-2-3-9(10)13-6-8/h2-3,6-7,12H,4-5,11H2,1H3. The van der Waals surface area contributed by atoms with Gasteiger partial charge >= 0.3 is 0 Å². The zero-order chi connectivity index (χ0) is 9.68. The highest BCUT2D eigenvalue weighted by atomic mass is 19.1. The number of hydrogen-bond acceptors (Lipinski definition) is 3. The van der Waals surface area contributed by atoms with Gasteiger partial charge in [0.1, 0.15) is 0 Å². The lowest BCUT2D eigenvalue weighted by Crippen LogP contribution is -2.25. The molecule has 4 heteroatoms. The van der Waals surface area contributed by atoms with Gasteiger partial charge in [-0.25, -0.2) is 4.98 Å². The van der Waals surface area contributed by atoms with Gasteiger partial charge in [-0.3, -0.25) is 0 Å². The Bertz CT molecular complexity index is 248. The SMILES string of the molecule is CC(NCCN)c1ccc(F)nc1. The molecule has 1 unspecified atom stereocenters. The first-order chi connectivity index (χ1) is 6.24. The van der Waals surface area contributed by atoms with Crippen molar-refractivity contribution >= 4 is 0 Å². The lowest BCUT2D eigenvalue weighted by molar-refractivity contribution is 0.561. The molecule has 3 N–H and O–H groups in total. The molecular weight excluding hydrogens is 169 g/mol. The Labute approximate surface area is 77.2 Å². The summed E-state index contributed by atoms with van der Waals surface area (Å²) in [5.74, 6) is -0.449. The van der Waals surface area contributed by atoms with Gasteiger partial charge in [0.25, 0.3) is 0 Å². The maximum atomic E-state index is 12.5. The van der Waals surface area contributed by atoms with E-state index < -0.39 is 5.95 Å². The monoisotopic (exact) mass is 183 g/mol. The van der Waals surface area contributed by atoms with E-state index in [0.717, 1.165) is 12.1 Å². The third-order valence-electron chi connectivity index (χ3n) is 1.85. The van der Waals surface area contributed by atoms with Crippen molar-refractivity contribution in [2.24, 2.45) is 5.73 Å². The molecular formula is C9H14FN3. The van der Waals surface area contributed by atoms with E-state index in [4.69, 9.17) is 5.73 Å². The molecule has 0 radical (unpaired) electrons. The quantitative estimate of drug-likeness (QED) is 0.680. The van der Waals surface area contributed by atoms with E-state index in [1.165, 1.54) is 12.3 Å². The Balaban J connectivity index is 2.55. The summed E-state index contributed by atoms with van der Waals surface area (Å²) in [6.07, 6.45) is 1.53. The van der Waals surface area contributed by atoms with Crippen LogP contribution in [0.15, 0.2) is 18.3 Å². The van der Waals surface area contributed by atoms with Gasteiger partial charge in [0.15, 0.2) is 0 Å². The van der Waals surface area contributed by atoms with E-state index in [2.05, 4.69) is 10.3 Å². The number of nitrogens with two attached hydrogens (primary N) is 1. The van der Waals surface area contributed by atoms with Gasteiger partial charge in [-0.2, -0.15) is 4.39 Å². The predicted octanol–water partition coefficient (Wildman–Crippen LogP) is 0.830. The topological polar surface area (TPSA) is 50.9 Å². The van der Waals surface area contributed by atoms with E-state index in [0.29, 0.717) is 6.54 Å². The number of aromatic nitrogens is 1. The van der Waals surface area contributed by atoms with Gasteiger partial charge < -0.3 is 11.1 Å². The Kier molecular flexibility index (Phi) is 3.79. The molecule has 0 amide bonds. The zero-order valence-corrected chi connectivity index (χ0v) is 7.63. The molecule has 1 rings (SSSR count). The van der Waals surface area contributed by atoms with Crippen LogP contribution in [0.4, 0.5) is 4.39 Å². The highest BCUT2D eigenvalue weighted by molar-refractivity contribution is 5.13. The fourth-order valence-corrected chi connectivity index (χ4v) is 1.06. The summed E-state index contributed by atoms with van der Waals surface area (Å²) in [6.45, 7) is 3.34. The van der Waals surface area contributed by atoms with Crippen molar-refractivity contribution in [2.75, 3.05) is 13.1 Å². The van der Waals surface area contributed by atoms with Crippen LogP contribution in [0.5, 0.6) is 0 Å². The van der Waals surface area contributed by atoms with Crippen LogP contribution in [0.1, 0.15) is 18.5 Å². The number of rotatable bonds is 4. The molecule has 0 fully saturated rings. The molecule has 0 aliphatic carbocycles.